The molecule has 0 amide bonds. The SMILES string of the molecule is C=Cc1ccc2oc(=O)cc(NC3CCN(Cc4ccc5c(c4)CCO5)CC3)c2c1. The number of nitrogens with zero attached hydrogens (tertiary/aromatic N) is 1. The first-order valence-electron chi connectivity index (χ1n) is 10.6. The van der Waals surface area contributed by atoms with E-state index in [4.69, 9.17) is 9.15 Å². The largest absolute Gasteiger partial charge is 0.493 e. The highest BCUT2D eigenvalue weighted by Gasteiger charge is 2.21. The maximum absolute atomic E-state index is 12.0. The smallest absolute Gasteiger partial charge is 0.338 e. The topological polar surface area (TPSA) is 54.7 Å². The molecule has 0 spiro atoms. The van der Waals surface area contributed by atoms with Gasteiger partial charge in [-0.1, -0.05) is 30.9 Å². The van der Waals surface area contributed by atoms with Crippen LogP contribution in [0.25, 0.3) is 17.0 Å². The van der Waals surface area contributed by atoms with Crippen molar-refractivity contribution in [2.24, 2.45) is 0 Å². The molecule has 1 fully saturated rings. The van der Waals surface area contributed by atoms with Crippen molar-refractivity contribution in [2.45, 2.75) is 31.8 Å². The van der Waals surface area contributed by atoms with E-state index in [-0.39, 0.29) is 5.63 Å². The zero-order valence-electron chi connectivity index (χ0n) is 17.0. The van der Waals surface area contributed by atoms with E-state index in [9.17, 15) is 4.79 Å². The lowest BCUT2D eigenvalue weighted by Gasteiger charge is -2.33. The predicted molar refractivity (Wildman–Crippen MR) is 120 cm³/mol. The van der Waals surface area contributed by atoms with Gasteiger partial charge in [0.1, 0.15) is 11.3 Å². The van der Waals surface area contributed by atoms with Crippen molar-refractivity contribution in [1.29, 1.82) is 0 Å². The average molecular weight is 402 g/mol. The first-order valence-corrected chi connectivity index (χ1v) is 10.6. The van der Waals surface area contributed by atoms with Gasteiger partial charge in [-0.25, -0.2) is 4.79 Å². The van der Waals surface area contributed by atoms with Gasteiger partial charge in [0.15, 0.2) is 0 Å². The van der Waals surface area contributed by atoms with Crippen LogP contribution in [0.4, 0.5) is 5.69 Å². The first kappa shape index (κ1) is 18.9. The summed E-state index contributed by atoms with van der Waals surface area (Å²) < 4.78 is 11.0. The van der Waals surface area contributed by atoms with Crippen LogP contribution in [0.15, 0.2) is 58.3 Å². The summed E-state index contributed by atoms with van der Waals surface area (Å²) in [5.41, 5.74) is 4.82. The fourth-order valence-corrected chi connectivity index (χ4v) is 4.48. The van der Waals surface area contributed by atoms with E-state index in [0.717, 1.165) is 67.9 Å². The van der Waals surface area contributed by atoms with Crippen LogP contribution in [0.2, 0.25) is 0 Å². The van der Waals surface area contributed by atoms with E-state index in [1.54, 1.807) is 12.1 Å². The number of rotatable bonds is 5. The summed E-state index contributed by atoms with van der Waals surface area (Å²) in [5.74, 6) is 1.04. The normalized spacial score (nSPS) is 16.9. The minimum Gasteiger partial charge on any atom is -0.493 e. The van der Waals surface area contributed by atoms with Gasteiger partial charge in [-0.15, -0.1) is 0 Å². The number of fused-ring (bicyclic) bond motifs is 2. The molecule has 0 aliphatic carbocycles. The molecular weight excluding hydrogens is 376 g/mol. The van der Waals surface area contributed by atoms with E-state index in [2.05, 4.69) is 35.0 Å². The molecule has 2 aliphatic heterocycles. The van der Waals surface area contributed by atoms with Gasteiger partial charge < -0.3 is 14.5 Å². The van der Waals surface area contributed by atoms with Gasteiger partial charge in [0.2, 0.25) is 0 Å². The third kappa shape index (κ3) is 3.85. The van der Waals surface area contributed by atoms with Gasteiger partial charge in [0.05, 0.1) is 12.3 Å². The van der Waals surface area contributed by atoms with E-state index < -0.39 is 0 Å². The molecule has 3 heterocycles. The molecule has 1 saturated heterocycles. The molecule has 5 heteroatoms. The Bertz CT molecular complexity index is 1140. The number of ether oxygens (including phenoxy) is 1. The van der Waals surface area contributed by atoms with Gasteiger partial charge in [0, 0.05) is 43.5 Å². The van der Waals surface area contributed by atoms with E-state index in [1.165, 1.54) is 11.1 Å². The molecule has 3 aromatic rings. The van der Waals surface area contributed by atoms with Crippen LogP contribution in [0.3, 0.4) is 0 Å². The fraction of sp³-hybridized carbons (Fsp3) is 0.320. The van der Waals surface area contributed by atoms with Crippen LogP contribution >= 0.6 is 0 Å². The summed E-state index contributed by atoms with van der Waals surface area (Å²) in [6.45, 7) is 7.67. The Kier molecular flexibility index (Phi) is 5.05. The minimum atomic E-state index is -0.325. The monoisotopic (exact) mass is 402 g/mol. The highest BCUT2D eigenvalue weighted by molar-refractivity contribution is 5.91. The Balaban J connectivity index is 1.25. The summed E-state index contributed by atoms with van der Waals surface area (Å²) in [6, 6.07) is 14.2. The molecule has 0 unspecified atom stereocenters. The summed E-state index contributed by atoms with van der Waals surface area (Å²) in [6.07, 6.45) is 4.90. The van der Waals surface area contributed by atoms with E-state index in [0.29, 0.717) is 11.6 Å². The van der Waals surface area contributed by atoms with Crippen LogP contribution in [0.1, 0.15) is 29.5 Å². The number of piperidine rings is 1. The van der Waals surface area contributed by atoms with Crippen LogP contribution in [0, 0.1) is 0 Å². The van der Waals surface area contributed by atoms with Crippen LogP contribution in [-0.4, -0.2) is 30.6 Å². The van der Waals surface area contributed by atoms with E-state index in [1.807, 2.05) is 18.2 Å². The van der Waals surface area contributed by atoms with Crippen molar-refractivity contribution in [3.8, 4) is 5.75 Å². The Hall–Kier alpha value is -3.05. The quantitative estimate of drug-likeness (QED) is 0.639. The van der Waals surface area contributed by atoms with E-state index >= 15 is 0 Å². The summed E-state index contributed by atoms with van der Waals surface area (Å²) in [5, 5.41) is 4.52. The molecule has 5 rings (SSSR count). The Morgan fingerprint density at radius 2 is 2.00 bits per heavy atom. The maximum Gasteiger partial charge on any atom is 0.338 e. The molecule has 154 valence electrons. The maximum atomic E-state index is 12.0. The highest BCUT2D eigenvalue weighted by atomic mass is 16.5. The molecule has 1 aromatic heterocycles. The van der Waals surface area contributed by atoms with Crippen molar-refractivity contribution in [3.05, 3.63) is 76.2 Å². The lowest BCUT2D eigenvalue weighted by molar-refractivity contribution is 0.211. The number of anilines is 1. The zero-order chi connectivity index (χ0) is 20.5. The molecule has 0 radical (unpaired) electrons. The number of nitrogens with one attached hydrogen (secondary N) is 1. The van der Waals surface area contributed by atoms with Crippen molar-refractivity contribution in [3.63, 3.8) is 0 Å². The summed E-state index contributed by atoms with van der Waals surface area (Å²) in [4.78, 5) is 14.5. The van der Waals surface area contributed by atoms with Gasteiger partial charge in [-0.3, -0.25) is 4.90 Å². The predicted octanol–water partition coefficient (Wildman–Crippen LogP) is 4.45. The Morgan fingerprint density at radius 3 is 2.83 bits per heavy atom. The average Bonchev–Trinajstić information content (AvgIpc) is 3.23. The third-order valence-corrected chi connectivity index (χ3v) is 6.11. The fourth-order valence-electron chi connectivity index (χ4n) is 4.48. The second-order valence-corrected chi connectivity index (χ2v) is 8.17. The zero-order valence-corrected chi connectivity index (χ0v) is 17.0. The number of hydrogen-bond acceptors (Lipinski definition) is 5. The second-order valence-electron chi connectivity index (χ2n) is 8.17. The Labute approximate surface area is 176 Å². The number of benzene rings is 2. The van der Waals surface area contributed by atoms with Crippen molar-refractivity contribution in [1.82, 2.24) is 4.90 Å². The van der Waals surface area contributed by atoms with Crippen molar-refractivity contribution in [2.75, 3.05) is 25.0 Å². The lowest BCUT2D eigenvalue weighted by Crippen LogP contribution is -2.38. The number of hydrogen-bond donors (Lipinski definition) is 1. The molecule has 5 nitrogen and oxygen atoms in total. The van der Waals surface area contributed by atoms with Gasteiger partial charge in [-0.2, -0.15) is 0 Å². The molecule has 30 heavy (non-hydrogen) atoms. The number of likely N-dealkylation sites (tertiary alicyclic amines) is 1. The first-order chi connectivity index (χ1) is 14.7. The molecule has 0 bridgehead atoms. The molecular formula is C25H26N2O3. The Morgan fingerprint density at radius 1 is 1.13 bits per heavy atom. The third-order valence-electron chi connectivity index (χ3n) is 6.11. The van der Waals surface area contributed by atoms with Crippen LogP contribution < -0.4 is 15.7 Å². The van der Waals surface area contributed by atoms with Crippen LogP contribution in [0.5, 0.6) is 5.75 Å². The molecule has 0 atom stereocenters. The second kappa shape index (κ2) is 8.00. The van der Waals surface area contributed by atoms with Crippen LogP contribution in [-0.2, 0) is 13.0 Å². The molecule has 0 saturated carbocycles. The standard InChI is InChI=1S/C25H26N2O3/c1-2-17-3-6-24-21(14-17)22(15-25(28)30-24)26-20-7-10-27(11-8-20)16-18-4-5-23-19(13-18)9-12-29-23/h2-6,13-15,20,26H,1,7-12,16H2. The van der Waals surface area contributed by atoms with Gasteiger partial charge in [-0.05, 0) is 47.7 Å². The summed E-state index contributed by atoms with van der Waals surface area (Å²) >= 11 is 0. The molecule has 2 aliphatic rings. The lowest BCUT2D eigenvalue weighted by atomic mass is 10.0. The van der Waals surface area contributed by atoms with Gasteiger partial charge >= 0.3 is 5.63 Å². The highest BCUT2D eigenvalue weighted by Crippen LogP contribution is 2.28. The van der Waals surface area contributed by atoms with Crippen molar-refractivity contribution < 1.29 is 9.15 Å². The van der Waals surface area contributed by atoms with Crippen molar-refractivity contribution >= 4 is 22.7 Å². The van der Waals surface area contributed by atoms with Gasteiger partial charge in [0.25, 0.3) is 0 Å². The minimum absolute atomic E-state index is 0.325. The molecule has 2 aromatic carbocycles. The molecule has 1 N–H and O–H groups in total. The summed E-state index contributed by atoms with van der Waals surface area (Å²) in [7, 11) is 0.